The van der Waals surface area contributed by atoms with E-state index >= 15 is 0 Å². The van der Waals surface area contributed by atoms with Gasteiger partial charge in [-0.1, -0.05) is 24.3 Å². The van der Waals surface area contributed by atoms with E-state index in [-0.39, 0.29) is 18.2 Å². The Morgan fingerprint density at radius 1 is 1.14 bits per heavy atom. The van der Waals surface area contributed by atoms with Crippen molar-refractivity contribution in [2.75, 3.05) is 5.32 Å². The van der Waals surface area contributed by atoms with Crippen LogP contribution in [0.3, 0.4) is 0 Å². The lowest BCUT2D eigenvalue weighted by Crippen LogP contribution is -2.10. The molecule has 1 aromatic heterocycles. The zero-order valence-corrected chi connectivity index (χ0v) is 15.4. The van der Waals surface area contributed by atoms with Gasteiger partial charge in [0.2, 0.25) is 5.91 Å². The molecule has 1 heterocycles. The fourth-order valence-electron chi connectivity index (χ4n) is 2.66. The minimum absolute atomic E-state index is 0.136. The van der Waals surface area contributed by atoms with Crippen molar-refractivity contribution in [1.29, 1.82) is 0 Å². The summed E-state index contributed by atoms with van der Waals surface area (Å²) in [6.07, 6.45) is -1.60. The Kier molecular flexibility index (Phi) is 5.81. The topological polar surface area (TPSA) is 46.9 Å². The first-order valence-corrected chi connectivity index (χ1v) is 8.66. The van der Waals surface area contributed by atoms with Crippen LogP contribution in [0.25, 0.3) is 6.08 Å². The molecule has 29 heavy (non-hydrogen) atoms. The predicted molar refractivity (Wildman–Crippen MR) is 102 cm³/mol. The molecule has 0 saturated heterocycles. The molecule has 150 valence electrons. The van der Waals surface area contributed by atoms with Gasteiger partial charge in [0.15, 0.2) is 5.82 Å². The van der Waals surface area contributed by atoms with Gasteiger partial charge in [0.05, 0.1) is 12.1 Å². The van der Waals surface area contributed by atoms with Crippen LogP contribution in [0, 0.1) is 12.7 Å². The molecular formula is C21H17F4N3O. The molecule has 8 heteroatoms. The molecule has 0 aliphatic carbocycles. The number of carbonyl (C=O) groups is 1. The van der Waals surface area contributed by atoms with Crippen LogP contribution in [0.15, 0.2) is 60.7 Å². The van der Waals surface area contributed by atoms with E-state index in [4.69, 9.17) is 0 Å². The Balaban J connectivity index is 1.67. The van der Waals surface area contributed by atoms with Crippen LogP contribution in [0.2, 0.25) is 0 Å². The van der Waals surface area contributed by atoms with Crippen LogP contribution in [-0.2, 0) is 17.5 Å². The summed E-state index contributed by atoms with van der Waals surface area (Å²) in [5.74, 6) is -0.519. The standard InChI is InChI=1S/C21H17F4N3O/c1-14-11-19(26-20(29)10-7-15-5-8-18(22)9-6-15)27-28(14)13-16-3-2-4-17(12-16)21(23,24)25/h2-12H,13H2,1H3,(H,26,27,29)/b10-7+. The lowest BCUT2D eigenvalue weighted by atomic mass is 10.1. The van der Waals surface area contributed by atoms with Gasteiger partial charge in [-0.25, -0.2) is 4.39 Å². The number of alkyl halides is 3. The molecule has 3 aromatic rings. The molecule has 0 spiro atoms. The second-order valence-electron chi connectivity index (χ2n) is 6.40. The summed E-state index contributed by atoms with van der Waals surface area (Å²) in [5.41, 5.74) is 1.06. The van der Waals surface area contributed by atoms with E-state index in [0.29, 0.717) is 16.8 Å². The predicted octanol–water partition coefficient (Wildman–Crippen LogP) is 5.05. The van der Waals surface area contributed by atoms with Gasteiger partial charge < -0.3 is 5.32 Å². The minimum Gasteiger partial charge on any atom is -0.306 e. The largest absolute Gasteiger partial charge is 0.416 e. The van der Waals surface area contributed by atoms with Crippen molar-refractivity contribution in [1.82, 2.24) is 9.78 Å². The highest BCUT2D eigenvalue weighted by Gasteiger charge is 2.30. The van der Waals surface area contributed by atoms with Gasteiger partial charge in [0.1, 0.15) is 5.82 Å². The Labute approximate surface area is 164 Å². The smallest absolute Gasteiger partial charge is 0.306 e. The normalized spacial score (nSPS) is 11.8. The van der Waals surface area contributed by atoms with Crippen molar-refractivity contribution >= 4 is 17.8 Å². The van der Waals surface area contributed by atoms with Gasteiger partial charge in [-0.3, -0.25) is 9.48 Å². The van der Waals surface area contributed by atoms with Crippen molar-refractivity contribution in [2.45, 2.75) is 19.6 Å². The van der Waals surface area contributed by atoms with E-state index in [1.54, 1.807) is 19.1 Å². The number of halogens is 4. The van der Waals surface area contributed by atoms with Gasteiger partial charge in [0, 0.05) is 17.8 Å². The van der Waals surface area contributed by atoms with Crippen molar-refractivity contribution in [3.63, 3.8) is 0 Å². The van der Waals surface area contributed by atoms with Crippen LogP contribution in [0.5, 0.6) is 0 Å². The highest BCUT2D eigenvalue weighted by Crippen LogP contribution is 2.29. The molecule has 0 saturated carbocycles. The number of anilines is 1. The lowest BCUT2D eigenvalue weighted by Gasteiger charge is -2.09. The maximum atomic E-state index is 12.9. The van der Waals surface area contributed by atoms with Gasteiger partial charge in [-0.05, 0) is 48.4 Å². The van der Waals surface area contributed by atoms with Gasteiger partial charge in [0.25, 0.3) is 0 Å². The SMILES string of the molecule is Cc1cc(NC(=O)/C=C/c2ccc(F)cc2)nn1Cc1cccc(C(F)(F)F)c1. The first-order valence-electron chi connectivity index (χ1n) is 8.66. The third-order valence-corrected chi connectivity index (χ3v) is 4.12. The summed E-state index contributed by atoms with van der Waals surface area (Å²) in [5, 5.41) is 6.82. The van der Waals surface area contributed by atoms with Crippen molar-refractivity contribution in [2.24, 2.45) is 0 Å². The van der Waals surface area contributed by atoms with Crippen LogP contribution < -0.4 is 5.32 Å². The zero-order valence-electron chi connectivity index (χ0n) is 15.4. The fraction of sp³-hybridized carbons (Fsp3) is 0.143. The van der Waals surface area contributed by atoms with Gasteiger partial charge in [-0.2, -0.15) is 18.3 Å². The summed E-state index contributed by atoms with van der Waals surface area (Å²) in [6.45, 7) is 1.88. The average molecular weight is 403 g/mol. The molecule has 1 amide bonds. The average Bonchev–Trinajstić information content (AvgIpc) is 2.99. The maximum absolute atomic E-state index is 12.9. The molecule has 0 unspecified atom stereocenters. The molecule has 1 N–H and O–H groups in total. The number of amides is 1. The van der Waals surface area contributed by atoms with Crippen molar-refractivity contribution in [3.05, 3.63) is 88.9 Å². The van der Waals surface area contributed by atoms with Crippen molar-refractivity contribution in [3.8, 4) is 0 Å². The van der Waals surface area contributed by atoms with Crippen LogP contribution in [-0.4, -0.2) is 15.7 Å². The van der Waals surface area contributed by atoms with Gasteiger partial charge >= 0.3 is 6.18 Å². The van der Waals surface area contributed by atoms with E-state index in [0.717, 1.165) is 12.1 Å². The number of aryl methyl sites for hydroxylation is 1. The summed E-state index contributed by atoms with van der Waals surface area (Å²) in [6, 6.07) is 12.3. The summed E-state index contributed by atoms with van der Waals surface area (Å²) >= 11 is 0. The number of nitrogens with one attached hydrogen (secondary N) is 1. The van der Waals surface area contributed by atoms with E-state index < -0.39 is 17.6 Å². The number of aromatic nitrogens is 2. The van der Waals surface area contributed by atoms with Gasteiger partial charge in [-0.15, -0.1) is 0 Å². The molecule has 0 aliphatic heterocycles. The molecule has 0 aliphatic rings. The first kappa shape index (κ1) is 20.3. The second-order valence-corrected chi connectivity index (χ2v) is 6.40. The maximum Gasteiger partial charge on any atom is 0.416 e. The molecule has 0 bridgehead atoms. The molecule has 4 nitrogen and oxygen atoms in total. The third-order valence-electron chi connectivity index (χ3n) is 4.12. The Morgan fingerprint density at radius 3 is 2.55 bits per heavy atom. The summed E-state index contributed by atoms with van der Waals surface area (Å²) < 4.78 is 52.9. The molecule has 3 rings (SSSR count). The van der Waals surface area contributed by atoms with E-state index in [1.165, 1.54) is 47.2 Å². The van der Waals surface area contributed by atoms with Crippen LogP contribution >= 0.6 is 0 Å². The lowest BCUT2D eigenvalue weighted by molar-refractivity contribution is -0.137. The Morgan fingerprint density at radius 2 is 1.86 bits per heavy atom. The number of rotatable bonds is 5. The number of hydrogen-bond acceptors (Lipinski definition) is 2. The molecular weight excluding hydrogens is 386 g/mol. The number of benzene rings is 2. The molecule has 0 fully saturated rings. The zero-order chi connectivity index (χ0) is 21.0. The molecule has 0 radical (unpaired) electrons. The summed E-state index contributed by atoms with van der Waals surface area (Å²) in [4.78, 5) is 12.0. The fourth-order valence-corrected chi connectivity index (χ4v) is 2.66. The highest BCUT2D eigenvalue weighted by molar-refractivity contribution is 6.01. The minimum atomic E-state index is -4.41. The number of carbonyl (C=O) groups excluding carboxylic acids is 1. The van der Waals surface area contributed by atoms with Crippen molar-refractivity contribution < 1.29 is 22.4 Å². The summed E-state index contributed by atoms with van der Waals surface area (Å²) in [7, 11) is 0. The van der Waals surface area contributed by atoms with E-state index in [9.17, 15) is 22.4 Å². The Hall–Kier alpha value is -3.42. The second kappa shape index (κ2) is 8.30. The highest BCUT2D eigenvalue weighted by atomic mass is 19.4. The third kappa shape index (κ3) is 5.54. The van der Waals surface area contributed by atoms with Crippen LogP contribution in [0.1, 0.15) is 22.4 Å². The number of hydrogen-bond donors (Lipinski definition) is 1. The van der Waals surface area contributed by atoms with E-state index in [2.05, 4.69) is 10.4 Å². The number of nitrogens with zero attached hydrogens (tertiary/aromatic N) is 2. The monoisotopic (exact) mass is 403 g/mol. The molecule has 0 atom stereocenters. The van der Waals surface area contributed by atoms with Crippen LogP contribution in [0.4, 0.5) is 23.4 Å². The quantitative estimate of drug-likeness (QED) is 0.479. The van der Waals surface area contributed by atoms with E-state index in [1.807, 2.05) is 0 Å². The first-order chi connectivity index (χ1) is 13.7. The Bertz CT molecular complexity index is 1040. The molecule has 2 aromatic carbocycles.